The molecule has 0 bridgehead atoms. The molecule has 0 heterocycles. The van der Waals surface area contributed by atoms with Gasteiger partial charge in [0.15, 0.2) is 6.61 Å². The fourth-order valence-electron chi connectivity index (χ4n) is 2.16. The van der Waals surface area contributed by atoms with Crippen molar-refractivity contribution in [1.29, 1.82) is 0 Å². The van der Waals surface area contributed by atoms with Crippen molar-refractivity contribution in [3.05, 3.63) is 65.5 Å². The van der Waals surface area contributed by atoms with Gasteiger partial charge in [0.1, 0.15) is 5.82 Å². The van der Waals surface area contributed by atoms with Crippen molar-refractivity contribution in [2.45, 2.75) is 13.5 Å². The summed E-state index contributed by atoms with van der Waals surface area (Å²) in [4.78, 5) is 25.6. The first kappa shape index (κ1) is 17.6. The quantitative estimate of drug-likeness (QED) is 0.826. The second-order valence-electron chi connectivity index (χ2n) is 5.05. The van der Waals surface area contributed by atoms with Gasteiger partial charge in [0.05, 0.1) is 12.2 Å². The Balaban J connectivity index is 1.97. The monoisotopic (exact) mass is 331 g/mol. The summed E-state index contributed by atoms with van der Waals surface area (Å²) in [6.45, 7) is 1.62. The summed E-state index contributed by atoms with van der Waals surface area (Å²) in [7, 11) is 0. The lowest BCUT2D eigenvalue weighted by atomic mass is 10.1. The van der Waals surface area contributed by atoms with Gasteiger partial charge in [0.2, 0.25) is 0 Å². The number of halogens is 1. The van der Waals surface area contributed by atoms with Gasteiger partial charge in [0.25, 0.3) is 5.91 Å². The number of aliphatic hydroxyl groups is 1. The van der Waals surface area contributed by atoms with Crippen LogP contribution >= 0.6 is 0 Å². The molecule has 0 atom stereocenters. The molecule has 2 aromatic rings. The molecule has 0 aliphatic carbocycles. The zero-order chi connectivity index (χ0) is 17.5. The summed E-state index contributed by atoms with van der Waals surface area (Å²) >= 11 is 0. The first-order valence-corrected chi connectivity index (χ1v) is 7.48. The first-order valence-electron chi connectivity index (χ1n) is 7.48. The second kappa shape index (κ2) is 8.21. The maximum absolute atomic E-state index is 13.0. The Kier molecular flexibility index (Phi) is 6.03. The Bertz CT molecular complexity index is 698. The number of aliphatic hydroxyl groups excluding tert-OH is 1. The summed E-state index contributed by atoms with van der Waals surface area (Å²) in [5.41, 5.74) is 1.51. The van der Waals surface area contributed by atoms with Crippen LogP contribution in [0.5, 0.6) is 0 Å². The third-order valence-electron chi connectivity index (χ3n) is 3.45. The van der Waals surface area contributed by atoms with E-state index < -0.39 is 18.5 Å². The van der Waals surface area contributed by atoms with Gasteiger partial charge in [-0.05, 0) is 48.9 Å². The van der Waals surface area contributed by atoms with Gasteiger partial charge in [-0.1, -0.05) is 12.1 Å². The van der Waals surface area contributed by atoms with Crippen LogP contribution in [0.2, 0.25) is 0 Å². The molecule has 24 heavy (non-hydrogen) atoms. The number of hydrogen-bond donors (Lipinski definition) is 1. The Morgan fingerprint density at radius 2 is 1.71 bits per heavy atom. The lowest BCUT2D eigenvalue weighted by molar-refractivity contribution is -0.121. The van der Waals surface area contributed by atoms with Gasteiger partial charge in [-0.3, -0.25) is 4.79 Å². The second-order valence-corrected chi connectivity index (χ2v) is 5.05. The average Bonchev–Trinajstić information content (AvgIpc) is 2.62. The molecule has 0 radical (unpaired) electrons. The van der Waals surface area contributed by atoms with E-state index in [1.54, 1.807) is 19.1 Å². The Hall–Kier alpha value is -2.73. The van der Waals surface area contributed by atoms with E-state index in [4.69, 9.17) is 9.84 Å². The van der Waals surface area contributed by atoms with Crippen LogP contribution in [0.3, 0.4) is 0 Å². The van der Waals surface area contributed by atoms with E-state index in [0.717, 1.165) is 0 Å². The first-order chi connectivity index (χ1) is 11.5. The molecule has 1 amide bonds. The predicted molar refractivity (Wildman–Crippen MR) is 87.1 cm³/mol. The van der Waals surface area contributed by atoms with Gasteiger partial charge >= 0.3 is 5.97 Å². The maximum atomic E-state index is 13.0. The standard InChI is InChI=1S/C18H18FNO4/c1-2-20(16-9-7-15(19)8-10-16)17(22)12-24-18(23)14-5-3-13(11-21)4-6-14/h3-10,21H,2,11-12H2,1H3. The number of hydrogen-bond acceptors (Lipinski definition) is 4. The fraction of sp³-hybridized carbons (Fsp3) is 0.222. The van der Waals surface area contributed by atoms with Gasteiger partial charge in [-0.25, -0.2) is 9.18 Å². The minimum absolute atomic E-state index is 0.114. The van der Waals surface area contributed by atoms with Crippen molar-refractivity contribution in [2.24, 2.45) is 0 Å². The van der Waals surface area contributed by atoms with Gasteiger partial charge in [-0.2, -0.15) is 0 Å². The number of anilines is 1. The van der Waals surface area contributed by atoms with E-state index in [-0.39, 0.29) is 12.4 Å². The summed E-state index contributed by atoms with van der Waals surface area (Å²) in [5.74, 6) is -1.41. The molecule has 0 aliphatic rings. The minimum atomic E-state index is -0.622. The highest BCUT2D eigenvalue weighted by Gasteiger charge is 2.17. The molecule has 0 spiro atoms. The van der Waals surface area contributed by atoms with Crippen molar-refractivity contribution >= 4 is 17.6 Å². The van der Waals surface area contributed by atoms with Crippen LogP contribution in [0.15, 0.2) is 48.5 Å². The molecule has 0 fully saturated rings. The van der Waals surface area contributed by atoms with Crippen LogP contribution in [0.25, 0.3) is 0 Å². The summed E-state index contributed by atoms with van der Waals surface area (Å²) in [6, 6.07) is 11.8. The molecule has 0 saturated heterocycles. The van der Waals surface area contributed by atoms with Crippen LogP contribution in [0.1, 0.15) is 22.8 Å². The number of amides is 1. The third kappa shape index (κ3) is 4.39. The molecule has 126 valence electrons. The summed E-state index contributed by atoms with van der Waals surface area (Å²) in [5, 5.41) is 8.97. The van der Waals surface area contributed by atoms with E-state index in [1.807, 2.05) is 0 Å². The average molecular weight is 331 g/mol. The Labute approximate surface area is 139 Å². The number of benzene rings is 2. The van der Waals surface area contributed by atoms with E-state index in [9.17, 15) is 14.0 Å². The summed E-state index contributed by atoms with van der Waals surface area (Å²) < 4.78 is 18.0. The zero-order valence-electron chi connectivity index (χ0n) is 13.2. The molecule has 0 aliphatic heterocycles. The molecule has 0 saturated carbocycles. The van der Waals surface area contributed by atoms with Crippen LogP contribution < -0.4 is 4.90 Å². The fourth-order valence-corrected chi connectivity index (χ4v) is 2.16. The number of rotatable bonds is 6. The molecular formula is C18H18FNO4. The van der Waals surface area contributed by atoms with Crippen molar-refractivity contribution in [3.63, 3.8) is 0 Å². The molecule has 2 aromatic carbocycles. The largest absolute Gasteiger partial charge is 0.452 e. The number of nitrogens with zero attached hydrogens (tertiary/aromatic N) is 1. The Morgan fingerprint density at radius 3 is 2.25 bits per heavy atom. The number of ether oxygens (including phenoxy) is 1. The van der Waals surface area contributed by atoms with Gasteiger partial charge in [0, 0.05) is 12.2 Å². The number of carbonyl (C=O) groups excluding carboxylic acids is 2. The van der Waals surface area contributed by atoms with Crippen molar-refractivity contribution in [3.8, 4) is 0 Å². The molecule has 0 aromatic heterocycles. The molecule has 6 heteroatoms. The number of carbonyl (C=O) groups is 2. The maximum Gasteiger partial charge on any atom is 0.338 e. The lowest BCUT2D eigenvalue weighted by Gasteiger charge is -2.20. The highest BCUT2D eigenvalue weighted by molar-refractivity contribution is 5.97. The molecular weight excluding hydrogens is 313 g/mol. The van der Waals surface area contributed by atoms with Gasteiger partial charge in [-0.15, -0.1) is 0 Å². The van der Waals surface area contributed by atoms with Crippen LogP contribution in [0, 0.1) is 5.82 Å². The third-order valence-corrected chi connectivity index (χ3v) is 3.45. The molecule has 2 rings (SSSR count). The van der Waals surface area contributed by atoms with Crippen LogP contribution in [-0.2, 0) is 16.1 Å². The SMILES string of the molecule is CCN(C(=O)COC(=O)c1ccc(CO)cc1)c1ccc(F)cc1. The topological polar surface area (TPSA) is 66.8 Å². The van der Waals surface area contributed by atoms with Gasteiger partial charge < -0.3 is 14.7 Å². The van der Waals surface area contributed by atoms with E-state index in [0.29, 0.717) is 23.4 Å². The minimum Gasteiger partial charge on any atom is -0.452 e. The van der Waals surface area contributed by atoms with Crippen molar-refractivity contribution in [2.75, 3.05) is 18.1 Å². The summed E-state index contributed by atoms with van der Waals surface area (Å²) in [6.07, 6.45) is 0. The highest BCUT2D eigenvalue weighted by atomic mass is 19.1. The van der Waals surface area contributed by atoms with Crippen LogP contribution in [-0.4, -0.2) is 30.1 Å². The molecule has 5 nitrogen and oxygen atoms in total. The predicted octanol–water partition coefficient (Wildman–Crippen LogP) is 2.53. The van der Waals surface area contributed by atoms with E-state index in [2.05, 4.69) is 0 Å². The number of esters is 1. The van der Waals surface area contributed by atoms with E-state index in [1.165, 1.54) is 41.3 Å². The number of likely N-dealkylation sites (N-methyl/N-ethyl adjacent to an activating group) is 1. The molecule has 0 unspecified atom stereocenters. The normalized spacial score (nSPS) is 10.3. The Morgan fingerprint density at radius 1 is 1.08 bits per heavy atom. The smallest absolute Gasteiger partial charge is 0.338 e. The van der Waals surface area contributed by atoms with E-state index >= 15 is 0 Å². The van der Waals surface area contributed by atoms with Crippen LogP contribution in [0.4, 0.5) is 10.1 Å². The lowest BCUT2D eigenvalue weighted by Crippen LogP contribution is -2.34. The van der Waals surface area contributed by atoms with Crippen molar-refractivity contribution in [1.82, 2.24) is 0 Å². The zero-order valence-corrected chi connectivity index (χ0v) is 13.2. The molecule has 1 N–H and O–H groups in total. The highest BCUT2D eigenvalue weighted by Crippen LogP contribution is 2.15. The van der Waals surface area contributed by atoms with Crippen molar-refractivity contribution < 1.29 is 23.8 Å².